The van der Waals surface area contributed by atoms with Crippen LogP contribution in [0.5, 0.6) is 0 Å². The second-order valence-corrected chi connectivity index (χ2v) is 6.73. The summed E-state index contributed by atoms with van der Waals surface area (Å²) in [6.45, 7) is 3.32. The molecule has 2 aromatic rings. The summed E-state index contributed by atoms with van der Waals surface area (Å²) in [5.74, 6) is 0.000140. The molecule has 124 valence electrons. The van der Waals surface area contributed by atoms with E-state index in [1.807, 2.05) is 0 Å². The summed E-state index contributed by atoms with van der Waals surface area (Å²) >= 11 is 0. The molecule has 3 heterocycles. The molecule has 2 aliphatic rings. The molecular weight excluding hydrogens is 297 g/mol. The fourth-order valence-corrected chi connectivity index (χ4v) is 3.94. The number of hydrogen-bond acceptors (Lipinski definition) is 5. The monoisotopic (exact) mass is 319 g/mol. The van der Waals surface area contributed by atoms with Crippen LogP contribution >= 0.6 is 0 Å². The van der Waals surface area contributed by atoms with Gasteiger partial charge < -0.3 is 14.9 Å². The molecule has 1 atom stereocenters. The van der Waals surface area contributed by atoms with Crippen LogP contribution in [-0.2, 0) is 0 Å². The number of aromatic nitrogens is 1. The molecule has 2 saturated heterocycles. The van der Waals surface area contributed by atoms with Crippen molar-refractivity contribution in [3.8, 4) is 0 Å². The second kappa shape index (κ2) is 5.85. The Morgan fingerprint density at radius 2 is 2.17 bits per heavy atom. The van der Waals surface area contributed by atoms with Crippen molar-refractivity contribution in [3.05, 3.63) is 29.7 Å². The average molecular weight is 319 g/mol. The highest BCUT2D eigenvalue weighted by Crippen LogP contribution is 2.35. The molecule has 2 N–H and O–H groups in total. The van der Waals surface area contributed by atoms with Crippen molar-refractivity contribution in [2.75, 3.05) is 26.2 Å². The summed E-state index contributed by atoms with van der Waals surface area (Å²) in [6.07, 6.45) is 3.70. The molecule has 1 aromatic heterocycles. The molecule has 2 fully saturated rings. The first-order valence-corrected chi connectivity index (χ1v) is 8.39. The van der Waals surface area contributed by atoms with Crippen LogP contribution in [0.3, 0.4) is 0 Å². The second-order valence-electron chi connectivity index (χ2n) is 6.73. The van der Waals surface area contributed by atoms with E-state index in [-0.39, 0.29) is 5.82 Å². The maximum atomic E-state index is 13.3. The molecule has 0 radical (unpaired) electrons. The Morgan fingerprint density at radius 1 is 1.35 bits per heavy atom. The predicted molar refractivity (Wildman–Crippen MR) is 84.6 cm³/mol. The van der Waals surface area contributed by atoms with Crippen LogP contribution in [0.1, 0.15) is 37.3 Å². The summed E-state index contributed by atoms with van der Waals surface area (Å²) in [5, 5.41) is 19.2. The van der Waals surface area contributed by atoms with Gasteiger partial charge in [0.2, 0.25) is 0 Å². The molecule has 6 heteroatoms. The number of halogens is 1. The van der Waals surface area contributed by atoms with E-state index >= 15 is 0 Å². The van der Waals surface area contributed by atoms with E-state index in [1.54, 1.807) is 6.07 Å². The van der Waals surface area contributed by atoms with Crippen LogP contribution in [-0.4, -0.2) is 47.1 Å². The van der Waals surface area contributed by atoms with Crippen LogP contribution < -0.4 is 5.32 Å². The lowest BCUT2D eigenvalue weighted by Crippen LogP contribution is -2.59. The van der Waals surface area contributed by atoms with Gasteiger partial charge in [0.25, 0.3) is 0 Å². The average Bonchev–Trinajstić information content (AvgIpc) is 2.98. The highest BCUT2D eigenvalue weighted by Gasteiger charge is 2.38. The van der Waals surface area contributed by atoms with Gasteiger partial charge in [-0.3, -0.25) is 4.90 Å². The number of hydrogen-bond donors (Lipinski definition) is 2. The van der Waals surface area contributed by atoms with Crippen molar-refractivity contribution in [2.45, 2.75) is 37.3 Å². The largest absolute Gasteiger partial charge is 0.374 e. The third kappa shape index (κ3) is 2.75. The molecule has 0 saturated carbocycles. The summed E-state index contributed by atoms with van der Waals surface area (Å²) in [4.78, 5) is 2.19. The van der Waals surface area contributed by atoms with Crippen LogP contribution in [0, 0.1) is 5.82 Å². The van der Waals surface area contributed by atoms with Gasteiger partial charge in [0.1, 0.15) is 11.5 Å². The highest BCUT2D eigenvalue weighted by molar-refractivity contribution is 5.79. The maximum Gasteiger partial charge on any atom is 0.170 e. The highest BCUT2D eigenvalue weighted by atomic mass is 19.1. The Labute approximate surface area is 134 Å². The first kappa shape index (κ1) is 15.1. The van der Waals surface area contributed by atoms with Crippen LogP contribution in [0.25, 0.3) is 11.0 Å². The first-order chi connectivity index (χ1) is 11.2. The minimum Gasteiger partial charge on any atom is -0.374 e. The Hall–Kier alpha value is -1.50. The molecule has 1 aromatic carbocycles. The quantitative estimate of drug-likeness (QED) is 0.889. The fraction of sp³-hybridized carbons (Fsp3) is 0.588. The number of likely N-dealkylation sites (tertiary alicyclic amines) is 1. The van der Waals surface area contributed by atoms with E-state index in [1.165, 1.54) is 12.1 Å². The SMILES string of the molecule is OC1(N2CCC(c3noc4cc(F)ccc34)CC2)CCCNC1. The summed E-state index contributed by atoms with van der Waals surface area (Å²) in [7, 11) is 0. The van der Waals surface area contributed by atoms with Gasteiger partial charge in [0.15, 0.2) is 5.58 Å². The Morgan fingerprint density at radius 3 is 2.91 bits per heavy atom. The molecule has 0 bridgehead atoms. The van der Waals surface area contributed by atoms with E-state index in [9.17, 15) is 9.50 Å². The van der Waals surface area contributed by atoms with Crippen LogP contribution in [0.4, 0.5) is 4.39 Å². The minimum absolute atomic E-state index is 0.304. The number of β-amino-alcohol motifs (C(OH)–C–C–N with tert-alkyl or cyclic N) is 1. The van der Waals surface area contributed by atoms with Gasteiger partial charge >= 0.3 is 0 Å². The topological polar surface area (TPSA) is 61.5 Å². The molecule has 4 rings (SSSR count). The Bertz CT molecular complexity index is 688. The molecular formula is C17H22FN3O2. The van der Waals surface area contributed by atoms with E-state index in [0.717, 1.165) is 56.4 Å². The number of rotatable bonds is 2. The number of aliphatic hydroxyl groups is 1. The number of benzene rings is 1. The van der Waals surface area contributed by atoms with Gasteiger partial charge in [-0.15, -0.1) is 0 Å². The lowest BCUT2D eigenvalue weighted by molar-refractivity contribution is -0.129. The van der Waals surface area contributed by atoms with Crippen molar-refractivity contribution in [2.24, 2.45) is 0 Å². The van der Waals surface area contributed by atoms with Crippen molar-refractivity contribution in [1.82, 2.24) is 15.4 Å². The van der Waals surface area contributed by atoms with E-state index in [0.29, 0.717) is 18.0 Å². The standard InChI is InChI=1S/C17H22FN3O2/c18-13-2-3-14-15(10-13)23-20-16(14)12-4-8-21(9-5-12)17(22)6-1-7-19-11-17/h2-3,10,12,19,22H,1,4-9,11H2. The summed E-state index contributed by atoms with van der Waals surface area (Å²) in [6, 6.07) is 4.59. The van der Waals surface area contributed by atoms with Gasteiger partial charge in [-0.1, -0.05) is 5.16 Å². The summed E-state index contributed by atoms with van der Waals surface area (Å²) in [5.41, 5.74) is 0.726. The van der Waals surface area contributed by atoms with Crippen LogP contribution in [0.2, 0.25) is 0 Å². The zero-order chi connectivity index (χ0) is 15.9. The Balaban J connectivity index is 1.48. The molecule has 0 spiro atoms. The van der Waals surface area contributed by atoms with Crippen LogP contribution in [0.15, 0.2) is 22.7 Å². The van der Waals surface area contributed by atoms with Crippen molar-refractivity contribution in [3.63, 3.8) is 0 Å². The van der Waals surface area contributed by atoms with Gasteiger partial charge in [-0.2, -0.15) is 0 Å². The third-order valence-corrected chi connectivity index (χ3v) is 5.27. The molecule has 1 unspecified atom stereocenters. The normalized spacial score (nSPS) is 27.6. The maximum absolute atomic E-state index is 13.3. The van der Waals surface area contributed by atoms with E-state index in [2.05, 4.69) is 15.4 Å². The number of fused-ring (bicyclic) bond motifs is 1. The third-order valence-electron chi connectivity index (χ3n) is 5.27. The molecule has 23 heavy (non-hydrogen) atoms. The molecule has 2 aliphatic heterocycles. The van der Waals surface area contributed by atoms with E-state index < -0.39 is 5.72 Å². The predicted octanol–water partition coefficient (Wildman–Crippen LogP) is 2.22. The Kier molecular flexibility index (Phi) is 3.83. The molecule has 0 amide bonds. The number of nitrogens with one attached hydrogen (secondary N) is 1. The molecule has 5 nitrogen and oxygen atoms in total. The zero-order valence-electron chi connectivity index (χ0n) is 13.1. The van der Waals surface area contributed by atoms with Gasteiger partial charge in [0.05, 0.1) is 5.69 Å². The summed E-state index contributed by atoms with van der Waals surface area (Å²) < 4.78 is 18.5. The number of piperidine rings is 2. The zero-order valence-corrected chi connectivity index (χ0v) is 13.1. The lowest BCUT2D eigenvalue weighted by atomic mass is 9.89. The van der Waals surface area contributed by atoms with Gasteiger partial charge in [-0.25, -0.2) is 4.39 Å². The first-order valence-electron chi connectivity index (χ1n) is 8.39. The van der Waals surface area contributed by atoms with E-state index in [4.69, 9.17) is 4.52 Å². The number of nitrogens with zero attached hydrogens (tertiary/aromatic N) is 2. The molecule has 0 aliphatic carbocycles. The van der Waals surface area contributed by atoms with Gasteiger partial charge in [0, 0.05) is 37.0 Å². The van der Waals surface area contributed by atoms with Crippen molar-refractivity contribution >= 4 is 11.0 Å². The fourth-order valence-electron chi connectivity index (χ4n) is 3.94. The van der Waals surface area contributed by atoms with Crippen molar-refractivity contribution in [1.29, 1.82) is 0 Å². The lowest BCUT2D eigenvalue weighted by Gasteiger charge is -2.45. The smallest absolute Gasteiger partial charge is 0.170 e. The van der Waals surface area contributed by atoms with Gasteiger partial charge in [-0.05, 0) is 44.4 Å². The minimum atomic E-state index is -0.710. The van der Waals surface area contributed by atoms with Crippen molar-refractivity contribution < 1.29 is 14.0 Å².